The highest BCUT2D eigenvalue weighted by atomic mass is 19.1. The quantitative estimate of drug-likeness (QED) is 0.278. The Hall–Kier alpha value is -3.34. The van der Waals surface area contributed by atoms with Gasteiger partial charge in [0.15, 0.2) is 0 Å². The minimum absolute atomic E-state index is 0.0102. The van der Waals surface area contributed by atoms with Crippen LogP contribution in [0.2, 0.25) is 0 Å². The van der Waals surface area contributed by atoms with Crippen LogP contribution in [0.3, 0.4) is 0 Å². The number of hydrogen-bond donors (Lipinski definition) is 1. The normalized spacial score (nSPS) is 19.8. The predicted octanol–water partition coefficient (Wildman–Crippen LogP) is 8.34. The van der Waals surface area contributed by atoms with Gasteiger partial charge in [0.2, 0.25) is 0 Å². The van der Waals surface area contributed by atoms with Gasteiger partial charge < -0.3 is 14.6 Å². The van der Waals surface area contributed by atoms with E-state index < -0.39 is 5.97 Å². The Balaban J connectivity index is 1.39. The minimum Gasteiger partial charge on any atom is -0.497 e. The van der Waals surface area contributed by atoms with Gasteiger partial charge in [0.25, 0.3) is 0 Å². The monoisotopic (exact) mass is 516 g/mol. The van der Waals surface area contributed by atoms with Gasteiger partial charge in [-0.1, -0.05) is 62.9 Å². The summed E-state index contributed by atoms with van der Waals surface area (Å²) in [5, 5.41) is 9.42. The SMILES string of the molecule is COc1ccc(F)c(-c2ccc(COc3cccc([C@@H](CC(=O)O)CC4CC4)c3)cc2[C@@H]2CCC[C@@H]2C)c1. The van der Waals surface area contributed by atoms with Gasteiger partial charge in [-0.2, -0.15) is 0 Å². The van der Waals surface area contributed by atoms with Crippen LogP contribution < -0.4 is 9.47 Å². The van der Waals surface area contributed by atoms with Crippen LogP contribution in [0.25, 0.3) is 11.1 Å². The highest BCUT2D eigenvalue weighted by molar-refractivity contribution is 5.71. The fraction of sp³-hybridized carbons (Fsp3) is 0.424. The maximum absolute atomic E-state index is 15.0. The number of carboxylic acids is 1. The summed E-state index contributed by atoms with van der Waals surface area (Å²) in [6, 6.07) is 19.0. The van der Waals surface area contributed by atoms with Gasteiger partial charge in [0.05, 0.1) is 13.5 Å². The van der Waals surface area contributed by atoms with E-state index in [4.69, 9.17) is 9.47 Å². The van der Waals surface area contributed by atoms with Gasteiger partial charge in [-0.05, 0) is 89.1 Å². The summed E-state index contributed by atoms with van der Waals surface area (Å²) in [5.74, 6) is 1.94. The van der Waals surface area contributed by atoms with E-state index in [-0.39, 0.29) is 18.2 Å². The smallest absolute Gasteiger partial charge is 0.303 e. The molecule has 0 amide bonds. The van der Waals surface area contributed by atoms with Gasteiger partial charge in [-0.15, -0.1) is 0 Å². The van der Waals surface area contributed by atoms with Crippen LogP contribution in [0.5, 0.6) is 11.5 Å². The molecule has 0 bridgehead atoms. The first-order chi connectivity index (χ1) is 18.4. The largest absolute Gasteiger partial charge is 0.497 e. The molecule has 5 heteroatoms. The fourth-order valence-corrected chi connectivity index (χ4v) is 6.03. The van der Waals surface area contributed by atoms with E-state index in [2.05, 4.69) is 13.0 Å². The molecule has 0 aromatic heterocycles. The molecule has 0 unspecified atom stereocenters. The number of benzene rings is 3. The molecule has 3 atom stereocenters. The van der Waals surface area contributed by atoms with Crippen molar-refractivity contribution in [2.24, 2.45) is 11.8 Å². The van der Waals surface area contributed by atoms with Crippen LogP contribution in [0.15, 0.2) is 60.7 Å². The molecule has 3 aromatic rings. The maximum Gasteiger partial charge on any atom is 0.303 e. The lowest BCUT2D eigenvalue weighted by molar-refractivity contribution is -0.137. The lowest BCUT2D eigenvalue weighted by Crippen LogP contribution is -2.08. The predicted molar refractivity (Wildman–Crippen MR) is 147 cm³/mol. The third kappa shape index (κ3) is 6.20. The molecule has 0 aliphatic heterocycles. The van der Waals surface area contributed by atoms with Crippen LogP contribution in [-0.2, 0) is 11.4 Å². The molecule has 200 valence electrons. The molecule has 2 aliphatic carbocycles. The number of hydrogen-bond acceptors (Lipinski definition) is 3. The van der Waals surface area contributed by atoms with Crippen LogP contribution in [0.1, 0.15) is 80.4 Å². The number of ether oxygens (including phenoxy) is 2. The lowest BCUT2D eigenvalue weighted by Gasteiger charge is -2.22. The average molecular weight is 517 g/mol. The van der Waals surface area contributed by atoms with E-state index in [0.717, 1.165) is 35.3 Å². The van der Waals surface area contributed by atoms with Crippen LogP contribution in [0.4, 0.5) is 4.39 Å². The summed E-state index contributed by atoms with van der Waals surface area (Å²) in [7, 11) is 1.60. The second-order valence-electron chi connectivity index (χ2n) is 11.1. The summed E-state index contributed by atoms with van der Waals surface area (Å²) >= 11 is 0. The molecule has 2 aliphatic rings. The third-order valence-corrected chi connectivity index (χ3v) is 8.31. The van der Waals surface area contributed by atoms with Crippen molar-refractivity contribution >= 4 is 5.97 Å². The average Bonchev–Trinajstić information content (AvgIpc) is 3.64. The number of rotatable bonds is 11. The van der Waals surface area contributed by atoms with Crippen LogP contribution in [0, 0.1) is 17.7 Å². The first-order valence-corrected chi connectivity index (χ1v) is 13.8. The highest BCUT2D eigenvalue weighted by Gasteiger charge is 2.29. The van der Waals surface area contributed by atoms with Crippen molar-refractivity contribution in [1.29, 1.82) is 0 Å². The molecule has 3 aromatic carbocycles. The van der Waals surface area contributed by atoms with Gasteiger partial charge in [0.1, 0.15) is 23.9 Å². The van der Waals surface area contributed by atoms with E-state index in [1.54, 1.807) is 19.2 Å². The van der Waals surface area contributed by atoms with Crippen LogP contribution in [-0.4, -0.2) is 18.2 Å². The Morgan fingerprint density at radius 3 is 2.55 bits per heavy atom. The van der Waals surface area contributed by atoms with E-state index in [0.29, 0.717) is 35.7 Å². The lowest BCUT2D eigenvalue weighted by atomic mass is 9.84. The first kappa shape index (κ1) is 26.3. The zero-order valence-corrected chi connectivity index (χ0v) is 22.3. The highest BCUT2D eigenvalue weighted by Crippen LogP contribution is 2.44. The molecule has 5 rings (SSSR count). The van der Waals surface area contributed by atoms with Crippen LogP contribution >= 0.6 is 0 Å². The second-order valence-corrected chi connectivity index (χ2v) is 11.1. The molecule has 2 saturated carbocycles. The van der Waals surface area contributed by atoms with Crippen molar-refractivity contribution in [1.82, 2.24) is 0 Å². The topological polar surface area (TPSA) is 55.8 Å². The van der Waals surface area contributed by atoms with Crippen molar-refractivity contribution < 1.29 is 23.8 Å². The van der Waals surface area contributed by atoms with E-state index in [9.17, 15) is 14.3 Å². The Morgan fingerprint density at radius 1 is 1.00 bits per heavy atom. The number of carbonyl (C=O) groups is 1. The molecule has 0 heterocycles. The fourth-order valence-electron chi connectivity index (χ4n) is 6.03. The Morgan fingerprint density at radius 2 is 1.84 bits per heavy atom. The van der Waals surface area contributed by atoms with Crippen molar-refractivity contribution in [2.45, 2.75) is 70.3 Å². The van der Waals surface area contributed by atoms with Crippen molar-refractivity contribution in [3.63, 3.8) is 0 Å². The van der Waals surface area contributed by atoms with Gasteiger partial charge in [-0.25, -0.2) is 4.39 Å². The number of aliphatic carboxylic acids is 1. The van der Waals surface area contributed by atoms with Crippen molar-refractivity contribution in [3.8, 4) is 22.6 Å². The van der Waals surface area contributed by atoms with E-state index >= 15 is 0 Å². The summed E-state index contributed by atoms with van der Waals surface area (Å²) in [5.41, 5.74) is 4.72. The number of halogens is 1. The Bertz CT molecular complexity index is 1280. The summed E-state index contributed by atoms with van der Waals surface area (Å²) in [6.07, 6.45) is 6.91. The maximum atomic E-state index is 15.0. The third-order valence-electron chi connectivity index (χ3n) is 8.31. The Kier molecular flexibility index (Phi) is 8.01. The molecular weight excluding hydrogens is 479 g/mol. The summed E-state index contributed by atoms with van der Waals surface area (Å²) < 4.78 is 26.6. The second kappa shape index (κ2) is 11.6. The molecule has 1 N–H and O–H groups in total. The summed E-state index contributed by atoms with van der Waals surface area (Å²) in [6.45, 7) is 2.68. The summed E-state index contributed by atoms with van der Waals surface area (Å²) in [4.78, 5) is 11.5. The zero-order chi connectivity index (χ0) is 26.6. The number of carboxylic acid groups (broad SMARTS) is 1. The number of methoxy groups -OCH3 is 1. The molecule has 38 heavy (non-hydrogen) atoms. The van der Waals surface area contributed by atoms with Crippen molar-refractivity contribution in [2.75, 3.05) is 7.11 Å². The van der Waals surface area contributed by atoms with Crippen molar-refractivity contribution in [3.05, 3.63) is 83.2 Å². The molecule has 4 nitrogen and oxygen atoms in total. The molecule has 0 spiro atoms. The molecule has 0 radical (unpaired) electrons. The standard InChI is InChI=1S/C33H37FO4/c1-21-5-3-8-28(21)30-16-23(11-13-29(30)31-19-26(37-2)12-14-32(31)34)20-38-27-7-4-6-24(17-27)25(18-33(35)36)15-22-9-10-22/h4,6-7,11-14,16-17,19,21-22,25,28H,3,5,8-10,15,18,20H2,1-2H3,(H,35,36)/t21-,25+,28+/m0/s1. The Labute approximate surface area is 224 Å². The van der Waals surface area contributed by atoms with Gasteiger partial charge in [-0.3, -0.25) is 4.79 Å². The molecule has 0 saturated heterocycles. The van der Waals surface area contributed by atoms with Gasteiger partial charge >= 0.3 is 5.97 Å². The van der Waals surface area contributed by atoms with Gasteiger partial charge in [0, 0.05) is 5.56 Å². The van der Waals surface area contributed by atoms with E-state index in [1.807, 2.05) is 36.4 Å². The van der Waals surface area contributed by atoms with E-state index in [1.165, 1.54) is 37.3 Å². The molecule has 2 fully saturated rings. The first-order valence-electron chi connectivity index (χ1n) is 13.8. The minimum atomic E-state index is -0.761. The molecular formula is C33H37FO4. The zero-order valence-electron chi connectivity index (χ0n) is 22.3.